The van der Waals surface area contributed by atoms with Crippen molar-refractivity contribution in [3.63, 3.8) is 0 Å². The summed E-state index contributed by atoms with van der Waals surface area (Å²) in [6, 6.07) is 4.07. The zero-order chi connectivity index (χ0) is 15.9. The minimum Gasteiger partial charge on any atom is -0.340 e. The van der Waals surface area contributed by atoms with E-state index in [1.807, 2.05) is 11.4 Å². The SMILES string of the molecule is Cc1nc(CN2CCC23CCN(C(=O)Cc2cccs2)C3)cs1. The van der Waals surface area contributed by atoms with Crippen LogP contribution in [0.3, 0.4) is 0 Å². The van der Waals surface area contributed by atoms with E-state index in [2.05, 4.69) is 33.2 Å². The van der Waals surface area contributed by atoms with Crippen LogP contribution in [0.5, 0.6) is 0 Å². The fourth-order valence-corrected chi connectivity index (χ4v) is 5.01. The number of hydrogen-bond acceptors (Lipinski definition) is 5. The van der Waals surface area contributed by atoms with Crippen molar-refractivity contribution in [1.29, 1.82) is 0 Å². The van der Waals surface area contributed by atoms with Gasteiger partial charge in [0, 0.05) is 42.0 Å². The summed E-state index contributed by atoms with van der Waals surface area (Å²) in [4.78, 5) is 22.9. The molecule has 4 heterocycles. The van der Waals surface area contributed by atoms with Gasteiger partial charge in [-0.3, -0.25) is 9.69 Å². The molecule has 2 fully saturated rings. The average molecular weight is 348 g/mol. The van der Waals surface area contributed by atoms with Crippen molar-refractivity contribution in [2.24, 2.45) is 0 Å². The number of rotatable bonds is 4. The number of amides is 1. The molecule has 2 aromatic rings. The van der Waals surface area contributed by atoms with Gasteiger partial charge in [0.05, 0.1) is 17.1 Å². The molecule has 1 atom stereocenters. The van der Waals surface area contributed by atoms with Crippen LogP contribution in [-0.4, -0.2) is 45.9 Å². The summed E-state index contributed by atoms with van der Waals surface area (Å²) in [6.07, 6.45) is 2.87. The van der Waals surface area contributed by atoms with Crippen molar-refractivity contribution in [2.45, 2.75) is 38.3 Å². The summed E-state index contributed by atoms with van der Waals surface area (Å²) < 4.78 is 0. The van der Waals surface area contributed by atoms with E-state index < -0.39 is 0 Å². The Balaban J connectivity index is 1.38. The second-order valence-electron chi connectivity index (χ2n) is 6.58. The first-order valence-corrected chi connectivity index (χ1v) is 9.87. The number of thiazole rings is 1. The maximum Gasteiger partial charge on any atom is 0.227 e. The third-order valence-electron chi connectivity index (χ3n) is 5.13. The number of hydrogen-bond donors (Lipinski definition) is 0. The molecule has 2 aliphatic rings. The van der Waals surface area contributed by atoms with Crippen LogP contribution in [0, 0.1) is 6.92 Å². The highest BCUT2D eigenvalue weighted by molar-refractivity contribution is 7.10. The molecule has 1 spiro atoms. The molecule has 0 bridgehead atoms. The zero-order valence-corrected chi connectivity index (χ0v) is 15.0. The molecule has 23 heavy (non-hydrogen) atoms. The van der Waals surface area contributed by atoms with Crippen LogP contribution in [-0.2, 0) is 17.8 Å². The van der Waals surface area contributed by atoms with Crippen LogP contribution in [0.15, 0.2) is 22.9 Å². The number of likely N-dealkylation sites (tertiary alicyclic amines) is 2. The van der Waals surface area contributed by atoms with Crippen molar-refractivity contribution in [3.8, 4) is 0 Å². The maximum absolute atomic E-state index is 12.5. The molecule has 4 nitrogen and oxygen atoms in total. The molecule has 4 rings (SSSR count). The van der Waals surface area contributed by atoms with Crippen LogP contribution >= 0.6 is 22.7 Å². The van der Waals surface area contributed by atoms with Gasteiger partial charge in [0.25, 0.3) is 0 Å². The summed E-state index contributed by atoms with van der Waals surface area (Å²) in [5.41, 5.74) is 1.39. The van der Waals surface area contributed by atoms with Gasteiger partial charge >= 0.3 is 0 Å². The molecule has 6 heteroatoms. The molecule has 2 aromatic heterocycles. The number of carbonyl (C=O) groups excluding carboxylic acids is 1. The lowest BCUT2D eigenvalue weighted by Gasteiger charge is -2.50. The van der Waals surface area contributed by atoms with Crippen molar-refractivity contribution >= 4 is 28.6 Å². The van der Waals surface area contributed by atoms with E-state index >= 15 is 0 Å². The number of carbonyl (C=O) groups is 1. The predicted molar refractivity (Wildman–Crippen MR) is 93.8 cm³/mol. The topological polar surface area (TPSA) is 36.4 Å². The lowest BCUT2D eigenvalue weighted by molar-refractivity contribution is -0.130. The summed E-state index contributed by atoms with van der Waals surface area (Å²) in [6.45, 7) is 5.90. The second kappa shape index (κ2) is 6.00. The van der Waals surface area contributed by atoms with Crippen molar-refractivity contribution in [1.82, 2.24) is 14.8 Å². The summed E-state index contributed by atoms with van der Waals surface area (Å²) in [5, 5.41) is 5.34. The van der Waals surface area contributed by atoms with Crippen LogP contribution in [0.2, 0.25) is 0 Å². The molecule has 0 saturated carbocycles. The highest BCUT2D eigenvalue weighted by atomic mass is 32.1. The molecular weight excluding hydrogens is 326 g/mol. The van der Waals surface area contributed by atoms with Gasteiger partial charge < -0.3 is 4.90 Å². The molecule has 2 saturated heterocycles. The third kappa shape index (κ3) is 2.95. The molecule has 122 valence electrons. The number of aryl methyl sites for hydroxylation is 1. The van der Waals surface area contributed by atoms with Gasteiger partial charge in [0.2, 0.25) is 5.91 Å². The lowest BCUT2D eigenvalue weighted by atomic mass is 9.83. The Bertz CT molecular complexity index is 697. The minimum atomic E-state index is 0.211. The Morgan fingerprint density at radius 1 is 1.35 bits per heavy atom. The Hall–Kier alpha value is -1.24. The molecular formula is C17H21N3OS2. The van der Waals surface area contributed by atoms with Gasteiger partial charge in [-0.1, -0.05) is 6.07 Å². The van der Waals surface area contributed by atoms with Gasteiger partial charge in [-0.25, -0.2) is 4.98 Å². The molecule has 1 unspecified atom stereocenters. The number of thiophene rings is 1. The lowest BCUT2D eigenvalue weighted by Crippen LogP contribution is -2.60. The van der Waals surface area contributed by atoms with E-state index in [0.717, 1.165) is 37.6 Å². The van der Waals surface area contributed by atoms with Crippen LogP contribution < -0.4 is 0 Å². The fourth-order valence-electron chi connectivity index (χ4n) is 3.71. The average Bonchev–Trinajstić information content (AvgIpc) is 3.24. The van der Waals surface area contributed by atoms with E-state index in [1.165, 1.54) is 17.0 Å². The maximum atomic E-state index is 12.5. The van der Waals surface area contributed by atoms with Gasteiger partial charge in [0.15, 0.2) is 0 Å². The van der Waals surface area contributed by atoms with Crippen molar-refractivity contribution in [3.05, 3.63) is 38.5 Å². The first kappa shape index (κ1) is 15.3. The van der Waals surface area contributed by atoms with Gasteiger partial charge in [-0.2, -0.15) is 0 Å². The largest absolute Gasteiger partial charge is 0.340 e. The molecule has 0 aliphatic carbocycles. The third-order valence-corrected chi connectivity index (χ3v) is 6.83. The monoisotopic (exact) mass is 347 g/mol. The van der Waals surface area contributed by atoms with Crippen LogP contribution in [0.4, 0.5) is 0 Å². The van der Waals surface area contributed by atoms with Crippen molar-refractivity contribution in [2.75, 3.05) is 19.6 Å². The standard InChI is InChI=1S/C17H21N3OS2/c1-13-18-14(11-23-13)10-20-7-5-17(20)4-6-19(12-17)16(21)9-15-3-2-8-22-15/h2-3,8,11H,4-7,9-10,12H2,1H3. The molecule has 0 N–H and O–H groups in total. The first-order chi connectivity index (χ1) is 11.1. The summed E-state index contributed by atoms with van der Waals surface area (Å²) in [7, 11) is 0. The highest BCUT2D eigenvalue weighted by Crippen LogP contribution is 2.40. The second-order valence-corrected chi connectivity index (χ2v) is 8.67. The van der Waals surface area contributed by atoms with E-state index in [4.69, 9.17) is 0 Å². The Morgan fingerprint density at radius 2 is 2.22 bits per heavy atom. The predicted octanol–water partition coefficient (Wildman–Crippen LogP) is 2.93. The summed E-state index contributed by atoms with van der Waals surface area (Å²) in [5.74, 6) is 0.278. The zero-order valence-electron chi connectivity index (χ0n) is 13.3. The van der Waals surface area contributed by atoms with E-state index in [0.29, 0.717) is 6.42 Å². The Kier molecular flexibility index (Phi) is 3.99. The van der Waals surface area contributed by atoms with E-state index in [1.54, 1.807) is 22.7 Å². The van der Waals surface area contributed by atoms with Gasteiger partial charge in [-0.15, -0.1) is 22.7 Å². The van der Waals surface area contributed by atoms with Crippen molar-refractivity contribution < 1.29 is 4.79 Å². The molecule has 2 aliphatic heterocycles. The summed E-state index contributed by atoms with van der Waals surface area (Å²) >= 11 is 3.39. The Morgan fingerprint density at radius 3 is 2.87 bits per heavy atom. The highest BCUT2D eigenvalue weighted by Gasteiger charge is 2.50. The smallest absolute Gasteiger partial charge is 0.227 e. The Labute approximate surface area is 144 Å². The minimum absolute atomic E-state index is 0.211. The van der Waals surface area contributed by atoms with E-state index in [9.17, 15) is 4.79 Å². The van der Waals surface area contributed by atoms with Gasteiger partial charge in [0.1, 0.15) is 0 Å². The normalized spacial score (nSPS) is 24.3. The van der Waals surface area contributed by atoms with E-state index in [-0.39, 0.29) is 11.4 Å². The van der Waals surface area contributed by atoms with Crippen LogP contribution in [0.25, 0.3) is 0 Å². The molecule has 0 radical (unpaired) electrons. The van der Waals surface area contributed by atoms with Gasteiger partial charge in [-0.05, 0) is 31.2 Å². The number of aromatic nitrogens is 1. The van der Waals surface area contributed by atoms with Crippen LogP contribution in [0.1, 0.15) is 28.4 Å². The quantitative estimate of drug-likeness (QED) is 0.853. The fraction of sp³-hybridized carbons (Fsp3) is 0.529. The first-order valence-electron chi connectivity index (χ1n) is 8.11. The number of nitrogens with zero attached hydrogens (tertiary/aromatic N) is 3. The molecule has 1 amide bonds. The molecule has 0 aromatic carbocycles.